The third-order valence-corrected chi connectivity index (χ3v) is 5.44. The predicted octanol–water partition coefficient (Wildman–Crippen LogP) is 2.42. The van der Waals surface area contributed by atoms with Crippen LogP contribution in [0.2, 0.25) is 0 Å². The lowest BCUT2D eigenvalue weighted by atomic mass is 10.0. The summed E-state index contributed by atoms with van der Waals surface area (Å²) in [4.78, 5) is 25.6. The molecule has 9 nitrogen and oxygen atoms in total. The molecule has 3 aromatic rings. The highest BCUT2D eigenvalue weighted by atomic mass is 16.7. The molecule has 1 amide bonds. The van der Waals surface area contributed by atoms with Crippen LogP contribution < -0.4 is 29.8 Å². The third kappa shape index (κ3) is 3.51. The largest absolute Gasteiger partial charge is 0.454 e. The Labute approximate surface area is 183 Å². The van der Waals surface area contributed by atoms with Gasteiger partial charge in [0.2, 0.25) is 19.5 Å². The zero-order valence-electron chi connectivity index (χ0n) is 17.6. The molecule has 2 aliphatic rings. The average Bonchev–Trinajstić information content (AvgIpc) is 3.45. The van der Waals surface area contributed by atoms with Crippen LogP contribution in [0.3, 0.4) is 0 Å². The molecule has 3 heterocycles. The van der Waals surface area contributed by atoms with Crippen LogP contribution in [0.1, 0.15) is 19.4 Å². The molecule has 0 fully saturated rings. The number of nitrogens with zero attached hydrogens (tertiary/aromatic N) is 2. The summed E-state index contributed by atoms with van der Waals surface area (Å²) in [6, 6.07) is 13.9. The number of aromatic nitrogens is 2. The van der Waals surface area contributed by atoms with Crippen molar-refractivity contribution >= 4 is 5.91 Å². The van der Waals surface area contributed by atoms with E-state index in [-0.39, 0.29) is 31.6 Å². The number of carbonyl (C=O) groups excluding carboxylic acids is 1. The van der Waals surface area contributed by atoms with E-state index in [1.54, 1.807) is 38.1 Å². The number of hydrogen-bond acceptors (Lipinski definition) is 7. The van der Waals surface area contributed by atoms with Crippen molar-refractivity contribution in [1.29, 1.82) is 0 Å². The molecule has 0 radical (unpaired) electrons. The Kier molecular flexibility index (Phi) is 4.73. The summed E-state index contributed by atoms with van der Waals surface area (Å²) in [5.41, 5.74) is 0.546. The molecule has 2 aliphatic heterocycles. The van der Waals surface area contributed by atoms with Crippen molar-refractivity contribution < 1.29 is 23.7 Å². The summed E-state index contributed by atoms with van der Waals surface area (Å²) in [5, 5.41) is 7.35. The van der Waals surface area contributed by atoms with Crippen LogP contribution in [0.5, 0.6) is 23.0 Å². The lowest BCUT2D eigenvalue weighted by Gasteiger charge is -2.25. The van der Waals surface area contributed by atoms with Crippen molar-refractivity contribution in [2.45, 2.75) is 25.9 Å². The summed E-state index contributed by atoms with van der Waals surface area (Å²) in [5.74, 6) is 2.25. The summed E-state index contributed by atoms with van der Waals surface area (Å²) in [7, 11) is 0. The normalized spacial score (nSPS) is 13.8. The molecule has 0 spiro atoms. The van der Waals surface area contributed by atoms with Gasteiger partial charge in [0, 0.05) is 18.2 Å². The number of fused-ring (bicyclic) bond motifs is 2. The molecule has 1 N–H and O–H groups in total. The number of amides is 1. The molecule has 0 aliphatic carbocycles. The molecular weight excluding hydrogens is 414 g/mol. The zero-order chi connectivity index (χ0) is 22.3. The van der Waals surface area contributed by atoms with Gasteiger partial charge in [0.25, 0.3) is 5.56 Å². The Morgan fingerprint density at radius 3 is 2.34 bits per heavy atom. The van der Waals surface area contributed by atoms with Crippen LogP contribution in [0.15, 0.2) is 53.3 Å². The first-order chi connectivity index (χ1) is 15.4. The van der Waals surface area contributed by atoms with Gasteiger partial charge in [-0.05, 0) is 55.8 Å². The second-order valence-corrected chi connectivity index (χ2v) is 7.97. The van der Waals surface area contributed by atoms with Gasteiger partial charge in [-0.2, -0.15) is 5.10 Å². The van der Waals surface area contributed by atoms with Gasteiger partial charge < -0.3 is 24.3 Å². The fourth-order valence-corrected chi connectivity index (χ4v) is 3.57. The van der Waals surface area contributed by atoms with Crippen molar-refractivity contribution in [3.8, 4) is 34.3 Å². The fourth-order valence-electron chi connectivity index (χ4n) is 3.57. The van der Waals surface area contributed by atoms with E-state index in [1.807, 2.05) is 18.2 Å². The van der Waals surface area contributed by atoms with E-state index in [0.29, 0.717) is 28.7 Å². The minimum absolute atomic E-state index is 0.169. The van der Waals surface area contributed by atoms with E-state index in [2.05, 4.69) is 10.4 Å². The zero-order valence-corrected chi connectivity index (χ0v) is 17.6. The van der Waals surface area contributed by atoms with E-state index in [4.69, 9.17) is 18.9 Å². The molecule has 1 aromatic heterocycles. The van der Waals surface area contributed by atoms with E-state index in [9.17, 15) is 9.59 Å². The Balaban J connectivity index is 1.37. The minimum Gasteiger partial charge on any atom is -0.454 e. The van der Waals surface area contributed by atoms with Gasteiger partial charge in [-0.3, -0.25) is 9.59 Å². The molecular formula is C23H21N3O6. The van der Waals surface area contributed by atoms with Crippen LogP contribution in [-0.4, -0.2) is 29.3 Å². The molecule has 0 saturated heterocycles. The number of benzene rings is 2. The Morgan fingerprint density at radius 1 is 0.938 bits per heavy atom. The number of nitrogens with one attached hydrogen (secondary N) is 1. The molecule has 0 atom stereocenters. The molecule has 0 unspecified atom stereocenters. The second kappa shape index (κ2) is 7.60. The van der Waals surface area contributed by atoms with Crippen LogP contribution in [0.25, 0.3) is 11.3 Å². The maximum Gasteiger partial charge on any atom is 0.267 e. The van der Waals surface area contributed by atoms with Crippen molar-refractivity contribution in [3.05, 3.63) is 64.4 Å². The summed E-state index contributed by atoms with van der Waals surface area (Å²) >= 11 is 0. The van der Waals surface area contributed by atoms with Crippen LogP contribution in [0.4, 0.5) is 0 Å². The van der Waals surface area contributed by atoms with Gasteiger partial charge in [-0.25, -0.2) is 4.68 Å². The summed E-state index contributed by atoms with van der Waals surface area (Å²) in [6.07, 6.45) is 0. The van der Waals surface area contributed by atoms with Crippen molar-refractivity contribution in [3.63, 3.8) is 0 Å². The lowest BCUT2D eigenvalue weighted by molar-refractivity contribution is -0.129. The highest BCUT2D eigenvalue weighted by Crippen LogP contribution is 2.35. The van der Waals surface area contributed by atoms with Crippen molar-refractivity contribution in [1.82, 2.24) is 15.1 Å². The third-order valence-electron chi connectivity index (χ3n) is 5.44. The SMILES string of the molecule is CC(C)(C(=O)NCc1ccc2c(c1)OCO2)n1nc(-c2ccc3c(c2)OCO3)ccc1=O. The Morgan fingerprint density at radius 2 is 1.59 bits per heavy atom. The highest BCUT2D eigenvalue weighted by molar-refractivity contribution is 5.83. The molecule has 0 saturated carbocycles. The first-order valence-electron chi connectivity index (χ1n) is 10.1. The predicted molar refractivity (Wildman–Crippen MR) is 114 cm³/mol. The molecule has 5 rings (SSSR count). The van der Waals surface area contributed by atoms with Crippen LogP contribution in [0, 0.1) is 0 Å². The number of hydrogen-bond donors (Lipinski definition) is 1. The molecule has 0 bridgehead atoms. The lowest BCUT2D eigenvalue weighted by Crippen LogP contribution is -2.49. The topological polar surface area (TPSA) is 101 Å². The average molecular weight is 435 g/mol. The molecule has 9 heteroatoms. The van der Waals surface area contributed by atoms with E-state index < -0.39 is 5.54 Å². The fraction of sp³-hybridized carbons (Fsp3) is 0.261. The van der Waals surface area contributed by atoms with Gasteiger partial charge >= 0.3 is 0 Å². The standard InChI is InChI=1S/C23H21N3O6/c1-23(2,22(28)24-11-14-3-6-17-19(9-14)31-12-29-17)26-21(27)8-5-16(25-26)15-4-7-18-20(10-15)32-13-30-18/h3-10H,11-13H2,1-2H3,(H,24,28). The van der Waals surface area contributed by atoms with Crippen molar-refractivity contribution in [2.75, 3.05) is 13.6 Å². The Hall–Kier alpha value is -4.01. The Bertz CT molecular complexity index is 1270. The van der Waals surface area contributed by atoms with Gasteiger partial charge in [0.05, 0.1) is 5.69 Å². The van der Waals surface area contributed by atoms with E-state index >= 15 is 0 Å². The maximum absolute atomic E-state index is 13.0. The highest BCUT2D eigenvalue weighted by Gasteiger charge is 2.32. The molecule has 164 valence electrons. The van der Waals surface area contributed by atoms with Crippen molar-refractivity contribution in [2.24, 2.45) is 0 Å². The summed E-state index contributed by atoms with van der Waals surface area (Å²) in [6.45, 7) is 3.93. The number of ether oxygens (including phenoxy) is 4. The smallest absolute Gasteiger partial charge is 0.267 e. The number of carbonyl (C=O) groups is 1. The van der Waals surface area contributed by atoms with Crippen LogP contribution >= 0.6 is 0 Å². The quantitative estimate of drug-likeness (QED) is 0.657. The second-order valence-electron chi connectivity index (χ2n) is 7.97. The number of rotatable bonds is 5. The van der Waals surface area contributed by atoms with E-state index in [1.165, 1.54) is 10.7 Å². The van der Waals surface area contributed by atoms with Gasteiger partial charge in [0.15, 0.2) is 23.0 Å². The minimum atomic E-state index is -1.22. The first-order valence-corrected chi connectivity index (χ1v) is 10.1. The molecule has 32 heavy (non-hydrogen) atoms. The summed E-state index contributed by atoms with van der Waals surface area (Å²) < 4.78 is 22.6. The van der Waals surface area contributed by atoms with Gasteiger partial charge in [-0.15, -0.1) is 0 Å². The molecule has 2 aromatic carbocycles. The van der Waals surface area contributed by atoms with Gasteiger partial charge in [0.1, 0.15) is 5.54 Å². The maximum atomic E-state index is 13.0. The first kappa shape index (κ1) is 19.9. The van der Waals surface area contributed by atoms with Gasteiger partial charge in [-0.1, -0.05) is 6.07 Å². The van der Waals surface area contributed by atoms with Crippen LogP contribution in [-0.2, 0) is 16.9 Å². The monoisotopic (exact) mass is 435 g/mol. The van der Waals surface area contributed by atoms with E-state index in [0.717, 1.165) is 11.1 Å².